The number of sulfonamides is 1. The smallest absolute Gasteiger partial charge is 0.240 e. The maximum Gasteiger partial charge on any atom is 0.240 e. The zero-order valence-electron chi connectivity index (χ0n) is 17.2. The van der Waals surface area contributed by atoms with Crippen molar-refractivity contribution in [3.8, 4) is 0 Å². The lowest BCUT2D eigenvalue weighted by atomic mass is 9.99. The van der Waals surface area contributed by atoms with Gasteiger partial charge in [-0.15, -0.1) is 0 Å². The molecular weight excluding hydrogens is 382 g/mol. The maximum absolute atomic E-state index is 12.8. The Labute approximate surface area is 174 Å². The van der Waals surface area contributed by atoms with Crippen molar-refractivity contribution in [2.75, 3.05) is 26.7 Å². The summed E-state index contributed by atoms with van der Waals surface area (Å²) in [4.78, 5) is 5.10. The van der Waals surface area contributed by atoms with Crippen LogP contribution < -0.4 is 4.72 Å². The molecule has 1 saturated heterocycles. The van der Waals surface area contributed by atoms with E-state index >= 15 is 0 Å². The Hall–Kier alpha value is -1.73. The van der Waals surface area contributed by atoms with Gasteiger partial charge in [0.1, 0.15) is 0 Å². The molecule has 0 radical (unpaired) electrons. The summed E-state index contributed by atoms with van der Waals surface area (Å²) in [6.07, 6.45) is 4.20. The van der Waals surface area contributed by atoms with Crippen LogP contribution in [0.25, 0.3) is 0 Å². The predicted octanol–water partition coefficient (Wildman–Crippen LogP) is 3.01. The second-order valence-corrected chi connectivity index (χ2v) is 10.1. The Morgan fingerprint density at radius 3 is 2.66 bits per heavy atom. The molecule has 29 heavy (non-hydrogen) atoms. The lowest BCUT2D eigenvalue weighted by molar-refractivity contribution is 0.245. The average molecular weight is 414 g/mol. The minimum absolute atomic E-state index is 0.387. The number of benzene rings is 2. The second kappa shape index (κ2) is 8.96. The van der Waals surface area contributed by atoms with E-state index < -0.39 is 10.0 Å². The minimum atomic E-state index is -3.47. The molecule has 2 aromatic carbocycles. The zero-order chi connectivity index (χ0) is 20.3. The number of nitrogens with zero attached hydrogens (tertiary/aromatic N) is 2. The van der Waals surface area contributed by atoms with E-state index in [1.165, 1.54) is 17.5 Å². The summed E-state index contributed by atoms with van der Waals surface area (Å²) in [5, 5.41) is 0. The van der Waals surface area contributed by atoms with Gasteiger partial charge in [0.2, 0.25) is 10.0 Å². The van der Waals surface area contributed by atoms with Crippen LogP contribution in [0.1, 0.15) is 36.0 Å². The third-order valence-electron chi connectivity index (χ3n) is 6.27. The van der Waals surface area contributed by atoms with Gasteiger partial charge in [-0.25, -0.2) is 13.1 Å². The molecule has 156 valence electrons. The van der Waals surface area contributed by atoms with E-state index in [0.29, 0.717) is 17.5 Å². The first kappa shape index (κ1) is 20.5. The first-order chi connectivity index (χ1) is 14.0. The van der Waals surface area contributed by atoms with E-state index in [-0.39, 0.29) is 0 Å². The Bertz CT molecular complexity index is 930. The highest BCUT2D eigenvalue weighted by atomic mass is 32.2. The summed E-state index contributed by atoms with van der Waals surface area (Å²) in [5.41, 5.74) is 3.68. The summed E-state index contributed by atoms with van der Waals surface area (Å²) >= 11 is 0. The Balaban J connectivity index is 1.39. The molecule has 1 atom stereocenters. The molecule has 2 aliphatic rings. The van der Waals surface area contributed by atoms with E-state index in [1.807, 2.05) is 18.2 Å². The highest BCUT2D eigenvalue weighted by Crippen LogP contribution is 2.24. The summed E-state index contributed by atoms with van der Waals surface area (Å²) < 4.78 is 28.4. The first-order valence-electron chi connectivity index (χ1n) is 10.6. The SMILES string of the molecule is CN1CCCC1CCNS(=O)(=O)c1ccc2c(c1)CN(Cc1ccccc1)CC2. The van der Waals surface area contributed by atoms with Gasteiger partial charge in [0, 0.05) is 32.2 Å². The predicted molar refractivity (Wildman–Crippen MR) is 116 cm³/mol. The summed E-state index contributed by atoms with van der Waals surface area (Å²) in [7, 11) is -1.34. The molecule has 4 rings (SSSR count). The molecular formula is C23H31N3O2S. The Morgan fingerprint density at radius 1 is 1.07 bits per heavy atom. The quantitative estimate of drug-likeness (QED) is 0.758. The molecule has 1 fully saturated rings. The number of hydrogen-bond acceptors (Lipinski definition) is 4. The van der Waals surface area contributed by atoms with Crippen LogP contribution in [0.15, 0.2) is 53.4 Å². The van der Waals surface area contributed by atoms with Gasteiger partial charge in [0.25, 0.3) is 0 Å². The van der Waals surface area contributed by atoms with Crippen molar-refractivity contribution in [3.05, 3.63) is 65.2 Å². The van der Waals surface area contributed by atoms with Crippen molar-refractivity contribution in [2.24, 2.45) is 0 Å². The molecule has 2 aromatic rings. The van der Waals surface area contributed by atoms with Gasteiger partial charge in [-0.1, -0.05) is 36.4 Å². The van der Waals surface area contributed by atoms with E-state index in [0.717, 1.165) is 51.0 Å². The number of hydrogen-bond donors (Lipinski definition) is 1. The topological polar surface area (TPSA) is 52.7 Å². The molecule has 0 saturated carbocycles. The first-order valence-corrected chi connectivity index (χ1v) is 12.1. The van der Waals surface area contributed by atoms with Gasteiger partial charge in [-0.2, -0.15) is 0 Å². The molecule has 0 aromatic heterocycles. The van der Waals surface area contributed by atoms with E-state index in [1.54, 1.807) is 6.07 Å². The largest absolute Gasteiger partial charge is 0.303 e. The van der Waals surface area contributed by atoms with Crippen LogP contribution in [0.4, 0.5) is 0 Å². The number of likely N-dealkylation sites (tertiary alicyclic amines) is 1. The fourth-order valence-corrected chi connectivity index (χ4v) is 5.62. The van der Waals surface area contributed by atoms with Crippen LogP contribution in [0.5, 0.6) is 0 Å². The van der Waals surface area contributed by atoms with E-state index in [2.05, 4.69) is 45.8 Å². The number of rotatable bonds is 7. The minimum Gasteiger partial charge on any atom is -0.303 e. The van der Waals surface area contributed by atoms with Crippen LogP contribution in [0.3, 0.4) is 0 Å². The van der Waals surface area contributed by atoms with Crippen LogP contribution in [0, 0.1) is 0 Å². The zero-order valence-corrected chi connectivity index (χ0v) is 18.0. The lowest BCUT2D eigenvalue weighted by Gasteiger charge is -2.29. The van der Waals surface area contributed by atoms with E-state index in [4.69, 9.17) is 0 Å². The second-order valence-electron chi connectivity index (χ2n) is 8.34. The Morgan fingerprint density at radius 2 is 1.90 bits per heavy atom. The van der Waals surface area contributed by atoms with Crippen molar-refractivity contribution < 1.29 is 8.42 Å². The molecule has 1 unspecified atom stereocenters. The summed E-state index contributed by atoms with van der Waals surface area (Å²) in [6, 6.07) is 16.6. The monoisotopic (exact) mass is 413 g/mol. The molecule has 0 amide bonds. The van der Waals surface area contributed by atoms with Crippen molar-refractivity contribution >= 4 is 10.0 Å². The normalized spacial score (nSPS) is 20.7. The van der Waals surface area contributed by atoms with Gasteiger partial charge in [-0.3, -0.25) is 4.90 Å². The summed E-state index contributed by atoms with van der Waals surface area (Å²) in [6.45, 7) is 4.29. The highest BCUT2D eigenvalue weighted by molar-refractivity contribution is 7.89. The van der Waals surface area contributed by atoms with Crippen molar-refractivity contribution in [1.29, 1.82) is 0 Å². The molecule has 1 N–H and O–H groups in total. The van der Waals surface area contributed by atoms with Crippen molar-refractivity contribution in [2.45, 2.75) is 49.7 Å². The lowest BCUT2D eigenvalue weighted by Crippen LogP contribution is -2.32. The average Bonchev–Trinajstić information content (AvgIpc) is 3.13. The maximum atomic E-state index is 12.8. The van der Waals surface area contributed by atoms with E-state index in [9.17, 15) is 8.42 Å². The van der Waals surface area contributed by atoms with Gasteiger partial charge >= 0.3 is 0 Å². The van der Waals surface area contributed by atoms with Gasteiger partial charge in [-0.05, 0) is 68.1 Å². The van der Waals surface area contributed by atoms with Crippen LogP contribution in [0.2, 0.25) is 0 Å². The molecule has 5 nitrogen and oxygen atoms in total. The number of nitrogens with one attached hydrogen (secondary N) is 1. The van der Waals surface area contributed by atoms with Crippen molar-refractivity contribution in [3.63, 3.8) is 0 Å². The Kier molecular flexibility index (Phi) is 6.35. The summed E-state index contributed by atoms with van der Waals surface area (Å²) in [5.74, 6) is 0. The molecule has 2 aliphatic heterocycles. The van der Waals surface area contributed by atoms with Crippen LogP contribution in [-0.2, 0) is 29.5 Å². The van der Waals surface area contributed by atoms with Gasteiger partial charge in [0.15, 0.2) is 0 Å². The van der Waals surface area contributed by atoms with Crippen molar-refractivity contribution in [1.82, 2.24) is 14.5 Å². The third kappa shape index (κ3) is 5.07. The molecule has 0 aliphatic carbocycles. The standard InChI is InChI=1S/C23H31N3O2S/c1-25-14-5-8-22(25)11-13-24-29(27,28)23-10-9-20-12-15-26(18-21(20)16-23)17-19-6-3-2-4-7-19/h2-4,6-7,9-10,16,22,24H,5,8,11-15,17-18H2,1H3. The van der Waals surface area contributed by atoms with Crippen LogP contribution in [-0.4, -0.2) is 50.9 Å². The molecule has 0 spiro atoms. The third-order valence-corrected chi connectivity index (χ3v) is 7.73. The van der Waals surface area contributed by atoms with Gasteiger partial charge in [0.05, 0.1) is 4.90 Å². The molecule has 0 bridgehead atoms. The number of fused-ring (bicyclic) bond motifs is 1. The van der Waals surface area contributed by atoms with Crippen LogP contribution >= 0.6 is 0 Å². The molecule has 2 heterocycles. The fourth-order valence-electron chi connectivity index (χ4n) is 4.52. The van der Waals surface area contributed by atoms with Gasteiger partial charge < -0.3 is 4.90 Å². The molecule has 6 heteroatoms. The fraction of sp³-hybridized carbons (Fsp3) is 0.478. The highest BCUT2D eigenvalue weighted by Gasteiger charge is 2.23.